The smallest absolute Gasteiger partial charge is 0.453 e. The lowest BCUT2D eigenvalue weighted by Gasteiger charge is -2.15. The number of esters is 1. The highest BCUT2D eigenvalue weighted by molar-refractivity contribution is 7.94. The second-order valence-corrected chi connectivity index (χ2v) is 7.75. The van der Waals surface area contributed by atoms with Gasteiger partial charge in [-0.25, -0.2) is 8.42 Å². The lowest BCUT2D eigenvalue weighted by Crippen LogP contribution is -2.30. The van der Waals surface area contributed by atoms with Crippen molar-refractivity contribution < 1.29 is 40.7 Å². The Kier molecular flexibility index (Phi) is 6.14. The number of carbonyl (C=O) groups excluding carboxylic acids is 2. The van der Waals surface area contributed by atoms with Crippen molar-refractivity contribution >= 4 is 27.4 Å². The number of nitrogens with one attached hydrogen (secondary N) is 1. The van der Waals surface area contributed by atoms with Crippen molar-refractivity contribution in [1.29, 1.82) is 0 Å². The van der Waals surface area contributed by atoms with Gasteiger partial charge in [-0.05, 0) is 31.2 Å². The van der Waals surface area contributed by atoms with Gasteiger partial charge in [0, 0.05) is 17.0 Å². The summed E-state index contributed by atoms with van der Waals surface area (Å²) in [5.41, 5.74) is 0.183. The minimum atomic E-state index is -4.82. The van der Waals surface area contributed by atoms with E-state index in [-0.39, 0.29) is 17.9 Å². The molecule has 1 aliphatic heterocycles. The van der Waals surface area contributed by atoms with E-state index in [0.29, 0.717) is 0 Å². The van der Waals surface area contributed by atoms with E-state index in [0.717, 1.165) is 17.5 Å². The zero-order valence-corrected chi connectivity index (χ0v) is 14.8. The van der Waals surface area contributed by atoms with Crippen LogP contribution in [0.25, 0.3) is 0 Å². The fraction of sp³-hybridized carbons (Fsp3) is 0.375. The third-order valence-corrected chi connectivity index (χ3v) is 4.93. The maximum atomic E-state index is 12.1. The molecule has 7 nitrogen and oxygen atoms in total. The van der Waals surface area contributed by atoms with Crippen molar-refractivity contribution in [1.82, 2.24) is 0 Å². The van der Waals surface area contributed by atoms with Gasteiger partial charge in [-0.3, -0.25) is 9.59 Å². The first kappa shape index (κ1) is 20.7. The zero-order chi connectivity index (χ0) is 20.2. The molecule has 0 saturated heterocycles. The van der Waals surface area contributed by atoms with Gasteiger partial charge in [0.05, 0.1) is 12.2 Å². The second kappa shape index (κ2) is 7.99. The number of halogens is 3. The van der Waals surface area contributed by atoms with Crippen LogP contribution >= 0.6 is 0 Å². The van der Waals surface area contributed by atoms with Gasteiger partial charge in [0.1, 0.15) is 5.75 Å². The first-order chi connectivity index (χ1) is 12.4. The second-order valence-electron chi connectivity index (χ2n) is 5.82. The Labute approximate surface area is 153 Å². The fourth-order valence-electron chi connectivity index (χ4n) is 2.26. The SMILES string of the molecule is CC(OC(=O)CC1C=CS(=O)(=O)C1)C(=O)Nc1ccc(OC(F)(F)F)cc1. The lowest BCUT2D eigenvalue weighted by molar-refractivity contribution is -0.274. The molecule has 1 aromatic rings. The molecule has 2 rings (SSSR count). The molecule has 1 aromatic carbocycles. The van der Waals surface area contributed by atoms with Crippen molar-refractivity contribution in [2.45, 2.75) is 25.8 Å². The molecule has 0 radical (unpaired) electrons. The Morgan fingerprint density at radius 2 is 1.89 bits per heavy atom. The van der Waals surface area contributed by atoms with E-state index in [4.69, 9.17) is 4.74 Å². The Hall–Kier alpha value is -2.56. The van der Waals surface area contributed by atoms with Crippen LogP contribution < -0.4 is 10.1 Å². The standard InChI is InChI=1S/C16H16F3NO6S/c1-10(25-14(21)8-11-6-7-27(23,24)9-11)15(22)20-12-2-4-13(5-3-12)26-16(17,18)19/h2-7,10-11H,8-9H2,1H3,(H,20,22). The molecule has 1 amide bonds. The number of anilines is 1. The summed E-state index contributed by atoms with van der Waals surface area (Å²) in [7, 11) is -3.29. The van der Waals surface area contributed by atoms with Gasteiger partial charge in [-0.15, -0.1) is 13.2 Å². The molecule has 0 saturated carbocycles. The number of allylic oxidation sites excluding steroid dienone is 1. The molecule has 1 aliphatic rings. The number of hydrogen-bond acceptors (Lipinski definition) is 6. The van der Waals surface area contributed by atoms with E-state index in [9.17, 15) is 31.2 Å². The van der Waals surface area contributed by atoms with Crippen molar-refractivity contribution in [2.75, 3.05) is 11.1 Å². The number of carbonyl (C=O) groups is 2. The molecule has 1 heterocycles. The highest BCUT2D eigenvalue weighted by Crippen LogP contribution is 2.24. The Bertz CT molecular complexity index is 833. The van der Waals surface area contributed by atoms with Crippen LogP contribution in [0, 0.1) is 5.92 Å². The molecule has 0 aromatic heterocycles. The molecule has 0 spiro atoms. The number of hydrogen-bond donors (Lipinski definition) is 1. The molecule has 0 aliphatic carbocycles. The number of rotatable bonds is 6. The van der Waals surface area contributed by atoms with Gasteiger partial charge < -0.3 is 14.8 Å². The van der Waals surface area contributed by atoms with Crippen LogP contribution in [0.1, 0.15) is 13.3 Å². The number of alkyl halides is 3. The largest absolute Gasteiger partial charge is 0.573 e. The van der Waals surface area contributed by atoms with Crippen LogP contribution in [0.4, 0.5) is 18.9 Å². The minimum Gasteiger partial charge on any atom is -0.453 e. The van der Waals surface area contributed by atoms with Crippen LogP contribution in [-0.4, -0.2) is 38.5 Å². The molecule has 2 unspecified atom stereocenters. The lowest BCUT2D eigenvalue weighted by atomic mass is 10.1. The predicted octanol–water partition coefficient (Wildman–Crippen LogP) is 2.40. The Morgan fingerprint density at radius 3 is 2.41 bits per heavy atom. The maximum Gasteiger partial charge on any atom is 0.573 e. The highest BCUT2D eigenvalue weighted by Gasteiger charge is 2.31. The monoisotopic (exact) mass is 407 g/mol. The number of sulfone groups is 1. The van der Waals surface area contributed by atoms with Gasteiger partial charge in [0.25, 0.3) is 5.91 Å². The van der Waals surface area contributed by atoms with E-state index >= 15 is 0 Å². The number of ether oxygens (including phenoxy) is 2. The van der Waals surface area contributed by atoms with E-state index in [1.54, 1.807) is 0 Å². The van der Waals surface area contributed by atoms with Crippen molar-refractivity contribution in [3.63, 3.8) is 0 Å². The molecular formula is C16H16F3NO6S. The van der Waals surface area contributed by atoms with E-state index in [1.165, 1.54) is 25.1 Å². The van der Waals surface area contributed by atoms with Gasteiger partial charge >= 0.3 is 12.3 Å². The van der Waals surface area contributed by atoms with Crippen molar-refractivity contribution in [3.8, 4) is 5.75 Å². The first-order valence-electron chi connectivity index (χ1n) is 7.71. The molecule has 11 heteroatoms. The van der Waals surface area contributed by atoms with E-state index < -0.39 is 45.8 Å². The average Bonchev–Trinajstić information content (AvgIpc) is 2.86. The summed E-state index contributed by atoms with van der Waals surface area (Å²) in [6, 6.07) is 4.43. The predicted molar refractivity (Wildman–Crippen MR) is 88.3 cm³/mol. The highest BCUT2D eigenvalue weighted by atomic mass is 32.2. The molecule has 0 fully saturated rings. The third-order valence-electron chi connectivity index (χ3n) is 3.47. The first-order valence-corrected chi connectivity index (χ1v) is 9.42. The summed E-state index contributed by atoms with van der Waals surface area (Å²) < 4.78 is 67.5. The van der Waals surface area contributed by atoms with Crippen LogP contribution in [0.5, 0.6) is 5.75 Å². The molecule has 1 N–H and O–H groups in total. The molecular weight excluding hydrogens is 391 g/mol. The normalized spacial score (nSPS) is 19.3. The van der Waals surface area contributed by atoms with Gasteiger partial charge in [0.15, 0.2) is 15.9 Å². The van der Waals surface area contributed by atoms with Crippen LogP contribution in [0.3, 0.4) is 0 Å². The minimum absolute atomic E-state index is 0.183. The molecule has 27 heavy (non-hydrogen) atoms. The quantitative estimate of drug-likeness (QED) is 0.727. The topological polar surface area (TPSA) is 98.8 Å². The van der Waals surface area contributed by atoms with Crippen LogP contribution in [0.2, 0.25) is 0 Å². The van der Waals surface area contributed by atoms with Crippen LogP contribution in [-0.2, 0) is 24.2 Å². The zero-order valence-electron chi connectivity index (χ0n) is 14.0. The summed E-state index contributed by atoms with van der Waals surface area (Å²) >= 11 is 0. The molecule has 0 bridgehead atoms. The van der Waals surface area contributed by atoms with E-state index in [2.05, 4.69) is 10.1 Å². The summed E-state index contributed by atoms with van der Waals surface area (Å²) in [5.74, 6) is -2.56. The Balaban J connectivity index is 1.83. The van der Waals surface area contributed by atoms with Crippen molar-refractivity contribution in [2.24, 2.45) is 5.92 Å². The van der Waals surface area contributed by atoms with Gasteiger partial charge in [-0.1, -0.05) is 6.08 Å². The van der Waals surface area contributed by atoms with Gasteiger partial charge in [0.2, 0.25) is 0 Å². The molecule has 2 atom stereocenters. The number of benzene rings is 1. The fourth-order valence-corrected chi connectivity index (χ4v) is 3.66. The Morgan fingerprint density at radius 1 is 1.26 bits per heavy atom. The molecule has 148 valence electrons. The summed E-state index contributed by atoms with van der Waals surface area (Å²) in [6.07, 6.45) is -4.78. The summed E-state index contributed by atoms with van der Waals surface area (Å²) in [5, 5.41) is 3.42. The van der Waals surface area contributed by atoms with Crippen molar-refractivity contribution in [3.05, 3.63) is 35.7 Å². The summed E-state index contributed by atoms with van der Waals surface area (Å²) in [4.78, 5) is 23.8. The number of amides is 1. The maximum absolute atomic E-state index is 12.1. The van der Waals surface area contributed by atoms with Gasteiger partial charge in [-0.2, -0.15) is 0 Å². The average molecular weight is 407 g/mol. The van der Waals surface area contributed by atoms with E-state index in [1.807, 2.05) is 0 Å². The third kappa shape index (κ3) is 6.93. The summed E-state index contributed by atoms with van der Waals surface area (Å²) in [6.45, 7) is 1.32. The van der Waals surface area contributed by atoms with Crippen LogP contribution in [0.15, 0.2) is 35.7 Å².